The van der Waals surface area contributed by atoms with Crippen LogP contribution in [0.1, 0.15) is 30.5 Å². The normalized spacial score (nSPS) is 11.8. The summed E-state index contributed by atoms with van der Waals surface area (Å²) in [7, 11) is 0. The van der Waals surface area contributed by atoms with Gasteiger partial charge in [-0.2, -0.15) is 0 Å². The molecule has 0 radical (unpaired) electrons. The Morgan fingerprint density at radius 1 is 1.20 bits per heavy atom. The Labute approximate surface area is 92.4 Å². The molecule has 0 saturated heterocycles. The predicted molar refractivity (Wildman–Crippen MR) is 63.8 cm³/mol. The summed E-state index contributed by atoms with van der Waals surface area (Å²) in [6, 6.07) is 6.29. The highest BCUT2D eigenvalue weighted by molar-refractivity contribution is 5.32. The summed E-state index contributed by atoms with van der Waals surface area (Å²) in [5, 5.41) is 0. The Balaban J connectivity index is 2.58. The fraction of sp³-hybridized carbons (Fsp3) is 0.538. The molecule has 0 fully saturated rings. The van der Waals surface area contributed by atoms with E-state index in [1.54, 1.807) is 0 Å². The predicted octanol–water partition coefficient (Wildman–Crippen LogP) is 2.56. The van der Waals surface area contributed by atoms with Gasteiger partial charge in [-0.25, -0.2) is 0 Å². The van der Waals surface area contributed by atoms with Crippen LogP contribution in [-0.4, -0.2) is 12.1 Å². The molecule has 0 aliphatic rings. The highest BCUT2D eigenvalue weighted by atomic mass is 16.5. The molecule has 0 saturated carbocycles. The van der Waals surface area contributed by atoms with Crippen LogP contribution in [-0.2, 0) is 11.3 Å². The molecule has 1 aromatic carbocycles. The molecule has 0 bridgehead atoms. The van der Waals surface area contributed by atoms with Gasteiger partial charge in [-0.05, 0) is 44.4 Å². The van der Waals surface area contributed by atoms with Crippen LogP contribution in [0.15, 0.2) is 18.2 Å². The molecule has 0 atom stereocenters. The van der Waals surface area contributed by atoms with Crippen molar-refractivity contribution in [3.05, 3.63) is 34.9 Å². The molecule has 0 aliphatic heterocycles. The molecule has 0 amide bonds. The van der Waals surface area contributed by atoms with Gasteiger partial charge < -0.3 is 10.5 Å². The van der Waals surface area contributed by atoms with Crippen LogP contribution in [0.3, 0.4) is 0 Å². The maximum atomic E-state index is 5.85. The maximum Gasteiger partial charge on any atom is 0.0722 e. The van der Waals surface area contributed by atoms with Crippen molar-refractivity contribution in [2.75, 3.05) is 6.61 Å². The lowest BCUT2D eigenvalue weighted by molar-refractivity contribution is 0.0845. The summed E-state index contributed by atoms with van der Waals surface area (Å²) in [5.74, 6) is 0. The van der Waals surface area contributed by atoms with E-state index in [9.17, 15) is 0 Å². The molecule has 2 nitrogen and oxygen atoms in total. The highest BCUT2D eigenvalue weighted by Crippen LogP contribution is 2.14. The number of benzene rings is 1. The lowest BCUT2D eigenvalue weighted by Gasteiger charge is -2.19. The Kier molecular flexibility index (Phi) is 3.89. The molecule has 2 N–H and O–H groups in total. The SMILES string of the molecule is Cc1cccc(C)c1COCC(C)(C)N. The van der Waals surface area contributed by atoms with Crippen molar-refractivity contribution >= 4 is 0 Å². The summed E-state index contributed by atoms with van der Waals surface area (Å²) in [5.41, 5.74) is 9.44. The highest BCUT2D eigenvalue weighted by Gasteiger charge is 2.11. The number of ether oxygens (including phenoxy) is 1. The largest absolute Gasteiger partial charge is 0.375 e. The van der Waals surface area contributed by atoms with Crippen LogP contribution in [0.4, 0.5) is 0 Å². The van der Waals surface area contributed by atoms with Gasteiger partial charge in [0.1, 0.15) is 0 Å². The molecule has 15 heavy (non-hydrogen) atoms. The summed E-state index contributed by atoms with van der Waals surface area (Å²) in [4.78, 5) is 0. The minimum absolute atomic E-state index is 0.253. The third-order valence-electron chi connectivity index (χ3n) is 2.36. The second-order valence-electron chi connectivity index (χ2n) is 4.85. The molecule has 84 valence electrons. The van der Waals surface area contributed by atoms with Crippen LogP contribution >= 0.6 is 0 Å². The first-order valence-electron chi connectivity index (χ1n) is 5.32. The van der Waals surface area contributed by atoms with E-state index in [4.69, 9.17) is 10.5 Å². The number of rotatable bonds is 4. The van der Waals surface area contributed by atoms with Crippen molar-refractivity contribution < 1.29 is 4.74 Å². The minimum atomic E-state index is -0.253. The van der Waals surface area contributed by atoms with Gasteiger partial charge in [-0.1, -0.05) is 18.2 Å². The number of nitrogens with two attached hydrogens (primary N) is 1. The standard InChI is InChI=1S/C13H21NO/c1-10-6-5-7-11(2)12(10)8-15-9-13(3,4)14/h5-7H,8-9,14H2,1-4H3. The minimum Gasteiger partial charge on any atom is -0.375 e. The fourth-order valence-electron chi connectivity index (χ4n) is 1.49. The van der Waals surface area contributed by atoms with Crippen molar-refractivity contribution in [1.29, 1.82) is 0 Å². The van der Waals surface area contributed by atoms with Gasteiger partial charge in [0.15, 0.2) is 0 Å². The monoisotopic (exact) mass is 207 g/mol. The van der Waals surface area contributed by atoms with Gasteiger partial charge in [0.25, 0.3) is 0 Å². The Bertz CT molecular complexity index is 306. The lowest BCUT2D eigenvalue weighted by atomic mass is 10.0. The van der Waals surface area contributed by atoms with Gasteiger partial charge in [0.05, 0.1) is 13.2 Å². The quantitative estimate of drug-likeness (QED) is 0.823. The summed E-state index contributed by atoms with van der Waals surface area (Å²) < 4.78 is 5.62. The van der Waals surface area contributed by atoms with Crippen LogP contribution in [0.25, 0.3) is 0 Å². The molecular weight excluding hydrogens is 186 g/mol. The van der Waals surface area contributed by atoms with Crippen molar-refractivity contribution in [3.8, 4) is 0 Å². The Morgan fingerprint density at radius 2 is 1.73 bits per heavy atom. The molecule has 0 aliphatic carbocycles. The van der Waals surface area contributed by atoms with Crippen LogP contribution in [0, 0.1) is 13.8 Å². The van der Waals surface area contributed by atoms with E-state index < -0.39 is 0 Å². The number of hydrogen-bond acceptors (Lipinski definition) is 2. The third kappa shape index (κ3) is 4.02. The van der Waals surface area contributed by atoms with Crippen LogP contribution in [0.2, 0.25) is 0 Å². The van der Waals surface area contributed by atoms with E-state index in [2.05, 4.69) is 32.0 Å². The second kappa shape index (κ2) is 4.77. The average Bonchev–Trinajstić information content (AvgIpc) is 2.08. The van der Waals surface area contributed by atoms with Gasteiger partial charge in [-0.3, -0.25) is 0 Å². The van der Waals surface area contributed by atoms with Crippen LogP contribution in [0.5, 0.6) is 0 Å². The van der Waals surface area contributed by atoms with Gasteiger partial charge in [-0.15, -0.1) is 0 Å². The zero-order chi connectivity index (χ0) is 11.5. The molecule has 2 heteroatoms. The van der Waals surface area contributed by atoms with Crippen molar-refractivity contribution in [3.63, 3.8) is 0 Å². The molecule has 0 aromatic heterocycles. The van der Waals surface area contributed by atoms with E-state index in [-0.39, 0.29) is 5.54 Å². The topological polar surface area (TPSA) is 35.2 Å². The smallest absolute Gasteiger partial charge is 0.0722 e. The zero-order valence-electron chi connectivity index (χ0n) is 10.1. The second-order valence-corrected chi connectivity index (χ2v) is 4.85. The molecule has 1 rings (SSSR count). The molecule has 0 spiro atoms. The third-order valence-corrected chi connectivity index (χ3v) is 2.36. The van der Waals surface area contributed by atoms with Crippen molar-refractivity contribution in [1.82, 2.24) is 0 Å². The summed E-state index contributed by atoms with van der Waals surface area (Å²) in [6.45, 7) is 9.40. The number of hydrogen-bond donors (Lipinski definition) is 1. The van der Waals surface area contributed by atoms with E-state index >= 15 is 0 Å². The first-order valence-corrected chi connectivity index (χ1v) is 5.32. The maximum absolute atomic E-state index is 5.85. The zero-order valence-corrected chi connectivity index (χ0v) is 10.1. The van der Waals surface area contributed by atoms with E-state index in [0.29, 0.717) is 13.2 Å². The van der Waals surface area contributed by atoms with E-state index in [1.165, 1.54) is 16.7 Å². The van der Waals surface area contributed by atoms with E-state index in [1.807, 2.05) is 13.8 Å². The molecule has 0 heterocycles. The van der Waals surface area contributed by atoms with Gasteiger partial charge in [0.2, 0.25) is 0 Å². The molecular formula is C13H21NO. The van der Waals surface area contributed by atoms with Crippen molar-refractivity contribution in [2.24, 2.45) is 5.73 Å². The molecule has 0 unspecified atom stereocenters. The van der Waals surface area contributed by atoms with E-state index in [0.717, 1.165) is 0 Å². The summed E-state index contributed by atoms with van der Waals surface area (Å²) >= 11 is 0. The van der Waals surface area contributed by atoms with Crippen molar-refractivity contribution in [2.45, 2.75) is 39.8 Å². The van der Waals surface area contributed by atoms with Gasteiger partial charge in [0, 0.05) is 5.54 Å². The fourth-order valence-corrected chi connectivity index (χ4v) is 1.49. The Morgan fingerprint density at radius 3 is 2.20 bits per heavy atom. The number of aryl methyl sites for hydroxylation is 2. The summed E-state index contributed by atoms with van der Waals surface area (Å²) in [6.07, 6.45) is 0. The first kappa shape index (κ1) is 12.2. The van der Waals surface area contributed by atoms with Crippen LogP contribution < -0.4 is 5.73 Å². The van der Waals surface area contributed by atoms with Gasteiger partial charge >= 0.3 is 0 Å². The lowest BCUT2D eigenvalue weighted by Crippen LogP contribution is -2.37. The average molecular weight is 207 g/mol. The Hall–Kier alpha value is -0.860. The molecule has 1 aromatic rings. The first-order chi connectivity index (χ1) is 6.90.